The van der Waals surface area contributed by atoms with Gasteiger partial charge in [-0.3, -0.25) is 4.79 Å². The number of aromatic nitrogens is 2. The molecule has 1 heterocycles. The fourth-order valence-corrected chi connectivity index (χ4v) is 1.76. The van der Waals surface area contributed by atoms with Crippen LogP contribution < -0.4 is 5.32 Å². The Kier molecular flexibility index (Phi) is 2.75. The Bertz CT molecular complexity index is 587. The van der Waals surface area contributed by atoms with Crippen LogP contribution in [0.5, 0.6) is 0 Å². The van der Waals surface area contributed by atoms with E-state index in [4.69, 9.17) is 5.11 Å². The monoisotopic (exact) mass is 233 g/mol. The van der Waals surface area contributed by atoms with Gasteiger partial charge in [-0.25, -0.2) is 4.98 Å². The molecule has 5 nitrogen and oxygen atoms in total. The van der Waals surface area contributed by atoms with Crippen LogP contribution in [-0.2, 0) is 11.8 Å². The lowest BCUT2D eigenvalue weighted by molar-refractivity contribution is -0.134. The van der Waals surface area contributed by atoms with Gasteiger partial charge in [0.05, 0.1) is 11.0 Å². The summed E-state index contributed by atoms with van der Waals surface area (Å²) in [5, 5.41) is 11.4. The predicted octanol–water partition coefficient (Wildman–Crippen LogP) is 1.69. The molecule has 0 radical (unpaired) electrons. The Balaban J connectivity index is 2.45. The maximum Gasteiger partial charge on any atom is 0.322 e. The molecule has 5 heteroatoms. The maximum absolute atomic E-state index is 10.5. The van der Waals surface area contributed by atoms with Crippen molar-refractivity contribution in [3.05, 3.63) is 23.3 Å². The highest BCUT2D eigenvalue weighted by Crippen LogP contribution is 2.21. The third-order valence-electron chi connectivity index (χ3n) is 2.89. The number of imidazole rings is 1. The Hall–Kier alpha value is -2.04. The zero-order valence-electron chi connectivity index (χ0n) is 10.1. The van der Waals surface area contributed by atoms with Crippen LogP contribution >= 0.6 is 0 Å². The summed E-state index contributed by atoms with van der Waals surface area (Å²) in [7, 11) is 1.87. The van der Waals surface area contributed by atoms with Crippen LogP contribution in [-0.4, -0.2) is 27.2 Å². The fraction of sp³-hybridized carbons (Fsp3) is 0.333. The largest absolute Gasteiger partial charge is 0.480 e. The van der Waals surface area contributed by atoms with E-state index in [-0.39, 0.29) is 6.54 Å². The molecule has 0 aliphatic heterocycles. The van der Waals surface area contributed by atoms with Gasteiger partial charge in [-0.2, -0.15) is 0 Å². The van der Waals surface area contributed by atoms with Crippen molar-refractivity contribution in [3.8, 4) is 0 Å². The summed E-state index contributed by atoms with van der Waals surface area (Å²) >= 11 is 0. The van der Waals surface area contributed by atoms with Gasteiger partial charge in [0.2, 0.25) is 5.95 Å². The first-order chi connectivity index (χ1) is 7.99. The van der Waals surface area contributed by atoms with E-state index in [1.54, 1.807) is 0 Å². The highest BCUT2D eigenvalue weighted by Gasteiger charge is 2.09. The molecule has 0 fully saturated rings. The van der Waals surface area contributed by atoms with Crippen LogP contribution in [0, 0.1) is 13.8 Å². The van der Waals surface area contributed by atoms with E-state index >= 15 is 0 Å². The number of rotatable bonds is 3. The van der Waals surface area contributed by atoms with Crippen LogP contribution in [0.25, 0.3) is 11.0 Å². The quantitative estimate of drug-likeness (QED) is 0.846. The number of fused-ring (bicyclic) bond motifs is 1. The van der Waals surface area contributed by atoms with Crippen LogP contribution in [0.2, 0.25) is 0 Å². The Morgan fingerprint density at radius 2 is 2.06 bits per heavy atom. The lowest BCUT2D eigenvalue weighted by atomic mass is 10.1. The van der Waals surface area contributed by atoms with Crippen LogP contribution in [0.1, 0.15) is 11.1 Å². The molecule has 17 heavy (non-hydrogen) atoms. The number of carbonyl (C=O) groups is 1. The number of carboxylic acid groups (broad SMARTS) is 1. The molecular weight excluding hydrogens is 218 g/mol. The molecule has 2 aromatic rings. The third kappa shape index (κ3) is 2.08. The molecule has 0 spiro atoms. The van der Waals surface area contributed by atoms with Crippen molar-refractivity contribution >= 4 is 23.0 Å². The van der Waals surface area contributed by atoms with E-state index in [0.29, 0.717) is 5.95 Å². The SMILES string of the molecule is Cc1cc2nc(NCC(=O)O)n(C)c2cc1C. The molecule has 2 rings (SSSR count). The number of benzene rings is 1. The molecule has 0 saturated heterocycles. The standard InChI is InChI=1S/C12H15N3O2/c1-7-4-9-10(5-8(7)2)15(3)12(14-9)13-6-11(16)17/h4-5H,6H2,1-3H3,(H,13,14)(H,16,17). The third-order valence-corrected chi connectivity index (χ3v) is 2.89. The Labute approximate surface area is 99.1 Å². The average molecular weight is 233 g/mol. The minimum Gasteiger partial charge on any atom is -0.480 e. The van der Waals surface area contributed by atoms with Crippen LogP contribution in [0.4, 0.5) is 5.95 Å². The molecule has 0 aliphatic carbocycles. The molecule has 2 N–H and O–H groups in total. The van der Waals surface area contributed by atoms with Gasteiger partial charge in [0.25, 0.3) is 0 Å². The van der Waals surface area contributed by atoms with Crippen LogP contribution in [0.3, 0.4) is 0 Å². The topological polar surface area (TPSA) is 67.2 Å². The maximum atomic E-state index is 10.5. The molecule has 1 aromatic heterocycles. The summed E-state index contributed by atoms with van der Waals surface area (Å²) in [4.78, 5) is 14.9. The highest BCUT2D eigenvalue weighted by molar-refractivity contribution is 5.81. The Morgan fingerprint density at radius 1 is 1.41 bits per heavy atom. The number of anilines is 1. The summed E-state index contributed by atoms with van der Waals surface area (Å²) < 4.78 is 1.87. The van der Waals surface area contributed by atoms with E-state index in [2.05, 4.69) is 16.4 Å². The van der Waals surface area contributed by atoms with Crippen molar-refractivity contribution in [2.75, 3.05) is 11.9 Å². The van der Waals surface area contributed by atoms with Gasteiger partial charge in [-0.15, -0.1) is 0 Å². The first-order valence-electron chi connectivity index (χ1n) is 5.38. The second kappa shape index (κ2) is 4.08. The number of aliphatic carboxylic acids is 1. The van der Waals surface area contributed by atoms with Gasteiger partial charge in [0.15, 0.2) is 0 Å². The first kappa shape index (κ1) is 11.4. The molecule has 90 valence electrons. The van der Waals surface area contributed by atoms with Gasteiger partial charge in [0.1, 0.15) is 6.54 Å². The van der Waals surface area contributed by atoms with Crippen LogP contribution in [0.15, 0.2) is 12.1 Å². The van der Waals surface area contributed by atoms with Crippen molar-refractivity contribution in [2.45, 2.75) is 13.8 Å². The van der Waals surface area contributed by atoms with Gasteiger partial charge >= 0.3 is 5.97 Å². The summed E-state index contributed by atoms with van der Waals surface area (Å²) in [6, 6.07) is 4.07. The van der Waals surface area contributed by atoms with Gasteiger partial charge < -0.3 is 15.0 Å². The summed E-state index contributed by atoms with van der Waals surface area (Å²) in [6.07, 6.45) is 0. The van der Waals surface area contributed by atoms with Gasteiger partial charge in [-0.1, -0.05) is 0 Å². The number of hydrogen-bond donors (Lipinski definition) is 2. The lowest BCUT2D eigenvalue weighted by Gasteiger charge is -2.03. The van der Waals surface area contributed by atoms with E-state index in [1.807, 2.05) is 31.5 Å². The molecule has 0 saturated carbocycles. The van der Waals surface area contributed by atoms with Crippen molar-refractivity contribution in [3.63, 3.8) is 0 Å². The number of carboxylic acids is 1. The summed E-state index contributed by atoms with van der Waals surface area (Å²) in [5.41, 5.74) is 4.26. The second-order valence-electron chi connectivity index (χ2n) is 4.17. The molecule has 1 aromatic carbocycles. The number of nitrogens with one attached hydrogen (secondary N) is 1. The molecule has 0 atom stereocenters. The van der Waals surface area contributed by atoms with E-state index < -0.39 is 5.97 Å². The molecule has 0 unspecified atom stereocenters. The van der Waals surface area contributed by atoms with Crippen molar-refractivity contribution in [1.82, 2.24) is 9.55 Å². The Morgan fingerprint density at radius 3 is 2.71 bits per heavy atom. The lowest BCUT2D eigenvalue weighted by Crippen LogP contribution is -2.14. The minimum absolute atomic E-state index is 0.130. The summed E-state index contributed by atoms with van der Waals surface area (Å²) in [6.45, 7) is 3.95. The number of aryl methyl sites for hydroxylation is 3. The summed E-state index contributed by atoms with van der Waals surface area (Å²) in [5.74, 6) is -0.322. The van der Waals surface area contributed by atoms with E-state index in [0.717, 1.165) is 11.0 Å². The fourth-order valence-electron chi connectivity index (χ4n) is 1.76. The van der Waals surface area contributed by atoms with Gasteiger partial charge in [0, 0.05) is 7.05 Å². The number of nitrogens with zero attached hydrogens (tertiary/aromatic N) is 2. The van der Waals surface area contributed by atoms with Gasteiger partial charge in [-0.05, 0) is 37.1 Å². The van der Waals surface area contributed by atoms with Crippen molar-refractivity contribution in [1.29, 1.82) is 0 Å². The molecule has 0 aliphatic rings. The van der Waals surface area contributed by atoms with Crippen molar-refractivity contribution < 1.29 is 9.90 Å². The normalized spacial score (nSPS) is 10.8. The number of hydrogen-bond acceptors (Lipinski definition) is 3. The van der Waals surface area contributed by atoms with E-state index in [1.165, 1.54) is 11.1 Å². The zero-order chi connectivity index (χ0) is 12.6. The predicted molar refractivity (Wildman–Crippen MR) is 66.3 cm³/mol. The molecule has 0 bridgehead atoms. The second-order valence-corrected chi connectivity index (χ2v) is 4.17. The molecular formula is C12H15N3O2. The molecule has 0 amide bonds. The average Bonchev–Trinajstić information content (AvgIpc) is 2.54. The first-order valence-corrected chi connectivity index (χ1v) is 5.38. The zero-order valence-corrected chi connectivity index (χ0v) is 10.1. The van der Waals surface area contributed by atoms with E-state index in [9.17, 15) is 4.79 Å². The smallest absolute Gasteiger partial charge is 0.322 e. The minimum atomic E-state index is -0.899. The highest BCUT2D eigenvalue weighted by atomic mass is 16.4. The van der Waals surface area contributed by atoms with Crippen molar-refractivity contribution in [2.24, 2.45) is 7.05 Å².